The Kier molecular flexibility index (Phi) is 13.1. The molecular formula is C60H64N3OPt-. The number of nitrogens with zero attached hydrogens (tertiary/aromatic N) is 3. The van der Waals surface area contributed by atoms with Crippen molar-refractivity contribution in [2.24, 2.45) is 0 Å². The Morgan fingerprint density at radius 2 is 1.18 bits per heavy atom. The van der Waals surface area contributed by atoms with E-state index in [2.05, 4.69) is 228 Å². The van der Waals surface area contributed by atoms with Gasteiger partial charge in [-0.2, -0.15) is 0 Å². The number of fused-ring (bicyclic) bond motifs is 1. The van der Waals surface area contributed by atoms with Crippen molar-refractivity contribution < 1.29 is 26.2 Å². The van der Waals surface area contributed by atoms with E-state index >= 15 is 0 Å². The van der Waals surface area contributed by atoms with Crippen molar-refractivity contribution in [3.05, 3.63) is 167 Å². The number of benzene rings is 6. The maximum absolute atomic E-state index is 12.3. The SMILES string of the molecule is CC(C)c1cc(-c2nc3c(-c4[c-]c(-c5cc(-c6ccc(C(C)(C)C)cc6)ccn5)cc(C(C)(C)C)c4)cccc3n2-c2ccc(-c3ccccc3)cc2C(C)(C)C)c(O)c(C(C)C)c1.[Pt]. The zero-order valence-electron chi connectivity index (χ0n) is 40.5. The predicted octanol–water partition coefficient (Wildman–Crippen LogP) is 16.4. The maximum atomic E-state index is 12.3. The van der Waals surface area contributed by atoms with E-state index in [0.717, 1.165) is 66.9 Å². The minimum absolute atomic E-state index is 0. The van der Waals surface area contributed by atoms with Gasteiger partial charge in [-0.3, -0.25) is 9.55 Å². The predicted molar refractivity (Wildman–Crippen MR) is 271 cm³/mol. The van der Waals surface area contributed by atoms with Gasteiger partial charge in [0.1, 0.15) is 11.6 Å². The number of para-hydroxylation sites is 1. The van der Waals surface area contributed by atoms with Crippen LogP contribution >= 0.6 is 0 Å². The molecule has 0 saturated heterocycles. The van der Waals surface area contributed by atoms with E-state index in [1.54, 1.807) is 0 Å². The minimum atomic E-state index is -0.226. The van der Waals surface area contributed by atoms with Gasteiger partial charge in [0, 0.05) is 33.0 Å². The summed E-state index contributed by atoms with van der Waals surface area (Å²) >= 11 is 0. The molecule has 8 aromatic rings. The fourth-order valence-corrected chi connectivity index (χ4v) is 8.71. The van der Waals surface area contributed by atoms with Gasteiger partial charge in [0.25, 0.3) is 0 Å². The Balaban J connectivity index is 0.00000630. The number of hydrogen-bond acceptors (Lipinski definition) is 3. The van der Waals surface area contributed by atoms with Crippen LogP contribution in [0.2, 0.25) is 0 Å². The van der Waals surface area contributed by atoms with Gasteiger partial charge in [0.15, 0.2) is 0 Å². The Morgan fingerprint density at radius 1 is 0.554 bits per heavy atom. The second kappa shape index (κ2) is 18.0. The Morgan fingerprint density at radius 3 is 1.82 bits per heavy atom. The van der Waals surface area contributed by atoms with Gasteiger partial charge in [-0.15, -0.1) is 29.3 Å². The number of pyridine rings is 1. The third kappa shape index (κ3) is 9.57. The van der Waals surface area contributed by atoms with Gasteiger partial charge in [0.05, 0.1) is 22.3 Å². The standard InChI is InChI=1S/C60H64N3O.Pt/c1-37(2)43-33-49(38(3)4)56(64)50(34-43)57-62-55-48(20-17-21-54(55)63(57)53-27-24-41(35-51(53)60(11,12)13)39-18-15-14-16-19-39)44-30-45(32-47(31-44)59(8,9)10)52-36-42(28-29-61-52)40-22-25-46(26-23-40)58(5,6)7;/h14-29,31-38,64H,1-13H3;/q-1;. The number of imidazole rings is 1. The Bertz CT molecular complexity index is 2990. The average molecular weight is 1040 g/mol. The number of phenolic OH excluding ortho intramolecular Hbond substituents is 1. The van der Waals surface area contributed by atoms with Crippen molar-refractivity contribution in [1.82, 2.24) is 14.5 Å². The van der Waals surface area contributed by atoms with Gasteiger partial charge in [-0.25, -0.2) is 4.98 Å². The monoisotopic (exact) mass is 1040 g/mol. The van der Waals surface area contributed by atoms with E-state index in [9.17, 15) is 5.11 Å². The quantitative estimate of drug-likeness (QED) is 0.154. The Labute approximate surface area is 402 Å². The molecule has 2 aromatic heterocycles. The summed E-state index contributed by atoms with van der Waals surface area (Å²) in [7, 11) is 0. The molecule has 0 unspecified atom stereocenters. The summed E-state index contributed by atoms with van der Waals surface area (Å²) in [6.07, 6.45) is 1.91. The van der Waals surface area contributed by atoms with Crippen LogP contribution in [0, 0.1) is 6.07 Å². The molecule has 0 spiro atoms. The molecule has 1 N–H and O–H groups in total. The molecule has 0 saturated carbocycles. The van der Waals surface area contributed by atoms with E-state index in [4.69, 9.17) is 9.97 Å². The van der Waals surface area contributed by atoms with Crippen LogP contribution in [-0.2, 0) is 37.3 Å². The van der Waals surface area contributed by atoms with Crippen molar-refractivity contribution in [2.45, 2.75) is 118 Å². The number of aromatic nitrogens is 3. The van der Waals surface area contributed by atoms with E-state index < -0.39 is 0 Å². The first-order valence-corrected chi connectivity index (χ1v) is 22.9. The molecule has 4 nitrogen and oxygen atoms in total. The van der Waals surface area contributed by atoms with E-state index in [1.807, 2.05) is 6.20 Å². The van der Waals surface area contributed by atoms with Gasteiger partial charge in [-0.05, 0) is 103 Å². The zero-order valence-corrected chi connectivity index (χ0v) is 42.7. The number of rotatable bonds is 8. The number of phenols is 1. The van der Waals surface area contributed by atoms with Crippen molar-refractivity contribution in [2.75, 3.05) is 0 Å². The number of hydrogen-bond donors (Lipinski definition) is 1. The molecule has 0 atom stereocenters. The van der Waals surface area contributed by atoms with E-state index in [0.29, 0.717) is 5.82 Å². The minimum Gasteiger partial charge on any atom is -0.507 e. The van der Waals surface area contributed by atoms with Crippen molar-refractivity contribution in [3.63, 3.8) is 0 Å². The maximum Gasteiger partial charge on any atom is 0.148 e. The molecule has 0 fully saturated rings. The smallest absolute Gasteiger partial charge is 0.148 e. The fourth-order valence-electron chi connectivity index (χ4n) is 8.71. The van der Waals surface area contributed by atoms with Crippen molar-refractivity contribution in [1.29, 1.82) is 0 Å². The molecular weight excluding hydrogens is 974 g/mol. The van der Waals surface area contributed by atoms with E-state index in [1.165, 1.54) is 27.8 Å². The summed E-state index contributed by atoms with van der Waals surface area (Å²) in [4.78, 5) is 10.6. The van der Waals surface area contributed by atoms with Gasteiger partial charge >= 0.3 is 0 Å². The summed E-state index contributed by atoms with van der Waals surface area (Å²) < 4.78 is 2.29. The largest absolute Gasteiger partial charge is 0.507 e. The second-order valence-electron chi connectivity index (χ2n) is 21.3. The average Bonchev–Trinajstić information content (AvgIpc) is 3.65. The molecule has 336 valence electrons. The molecule has 0 aliphatic heterocycles. The normalized spacial score (nSPS) is 12.3. The van der Waals surface area contributed by atoms with Crippen LogP contribution in [-0.4, -0.2) is 19.6 Å². The molecule has 0 amide bonds. The van der Waals surface area contributed by atoms with Crippen molar-refractivity contribution >= 4 is 11.0 Å². The summed E-state index contributed by atoms with van der Waals surface area (Å²) in [6, 6.07) is 49.7. The molecule has 65 heavy (non-hydrogen) atoms. The summed E-state index contributed by atoms with van der Waals surface area (Å²) in [5.41, 5.74) is 17.4. The first-order valence-electron chi connectivity index (χ1n) is 22.9. The molecule has 0 aliphatic rings. The van der Waals surface area contributed by atoms with Gasteiger partial charge < -0.3 is 5.11 Å². The van der Waals surface area contributed by atoms with Crippen LogP contribution in [0.3, 0.4) is 0 Å². The van der Waals surface area contributed by atoms with Gasteiger partial charge in [-0.1, -0.05) is 186 Å². The molecule has 8 rings (SSSR count). The first kappa shape index (κ1) is 47.4. The van der Waals surface area contributed by atoms with Crippen molar-refractivity contribution in [3.8, 4) is 67.5 Å². The summed E-state index contributed by atoms with van der Waals surface area (Å²) in [6.45, 7) is 29.1. The number of aromatic hydroxyl groups is 1. The van der Waals surface area contributed by atoms with Gasteiger partial charge in [0.2, 0.25) is 0 Å². The third-order valence-electron chi connectivity index (χ3n) is 12.7. The molecule has 0 bridgehead atoms. The zero-order chi connectivity index (χ0) is 45.9. The third-order valence-corrected chi connectivity index (χ3v) is 12.7. The molecule has 0 aliphatic carbocycles. The summed E-state index contributed by atoms with van der Waals surface area (Å²) in [5.74, 6) is 1.35. The topological polar surface area (TPSA) is 50.9 Å². The summed E-state index contributed by atoms with van der Waals surface area (Å²) in [5, 5.41) is 12.3. The van der Waals surface area contributed by atoms with Crippen LogP contribution < -0.4 is 0 Å². The van der Waals surface area contributed by atoms with Crippen LogP contribution in [0.25, 0.3) is 72.7 Å². The second-order valence-corrected chi connectivity index (χ2v) is 21.3. The molecule has 6 aromatic carbocycles. The van der Waals surface area contributed by atoms with E-state index in [-0.39, 0.29) is 54.9 Å². The molecule has 0 radical (unpaired) electrons. The molecule has 5 heteroatoms. The first-order chi connectivity index (χ1) is 30.2. The van der Waals surface area contributed by atoms with Crippen LogP contribution in [0.15, 0.2) is 134 Å². The van der Waals surface area contributed by atoms with Crippen LogP contribution in [0.1, 0.15) is 130 Å². The van der Waals surface area contributed by atoms with Crippen LogP contribution in [0.4, 0.5) is 0 Å². The Hall–Kier alpha value is -5.57. The molecule has 2 heterocycles. The van der Waals surface area contributed by atoms with Crippen LogP contribution in [0.5, 0.6) is 5.75 Å². The fraction of sp³-hybridized carbons (Fsp3) is 0.300.